The molecule has 2 rings (SSSR count). The Balaban J connectivity index is 2.23. The maximum atomic E-state index is 6.09. The molecule has 0 radical (unpaired) electrons. The van der Waals surface area contributed by atoms with Crippen LogP contribution < -0.4 is 11.1 Å². The molecule has 2 nitrogen and oxygen atoms in total. The number of nitrogens with two attached hydrogens (primary N) is 1. The van der Waals surface area contributed by atoms with Crippen LogP contribution in [0.15, 0.2) is 45.3 Å². The lowest BCUT2D eigenvalue weighted by molar-refractivity contribution is 0.789. The fourth-order valence-corrected chi connectivity index (χ4v) is 2.74. The van der Waals surface area contributed by atoms with Crippen molar-refractivity contribution in [2.45, 2.75) is 6.04 Å². The Kier molecular flexibility index (Phi) is 5.75. The van der Waals surface area contributed by atoms with Gasteiger partial charge in [0.15, 0.2) is 0 Å². The van der Waals surface area contributed by atoms with E-state index in [-0.39, 0.29) is 6.04 Å². The lowest BCUT2D eigenvalue weighted by Gasteiger charge is -2.19. The molecule has 0 aliphatic carbocycles. The van der Waals surface area contributed by atoms with E-state index in [1.165, 1.54) is 0 Å². The normalized spacial score (nSPS) is 12.2. The summed E-state index contributed by atoms with van der Waals surface area (Å²) in [5.74, 6) is 0. The summed E-state index contributed by atoms with van der Waals surface area (Å²) in [4.78, 5) is 0. The summed E-state index contributed by atoms with van der Waals surface area (Å²) in [7, 11) is 0. The van der Waals surface area contributed by atoms with Gasteiger partial charge in [-0.25, -0.2) is 0 Å². The van der Waals surface area contributed by atoms with Gasteiger partial charge in [-0.1, -0.05) is 29.3 Å². The molecule has 0 amide bonds. The van der Waals surface area contributed by atoms with Gasteiger partial charge in [0.05, 0.1) is 16.1 Å². The Morgan fingerprint density at radius 1 is 1.00 bits per heavy atom. The van der Waals surface area contributed by atoms with Crippen LogP contribution in [0.25, 0.3) is 0 Å². The minimum absolute atomic E-state index is 0.0131. The van der Waals surface area contributed by atoms with Crippen molar-refractivity contribution < 1.29 is 0 Å². The van der Waals surface area contributed by atoms with Gasteiger partial charge in [0.25, 0.3) is 0 Å². The van der Waals surface area contributed by atoms with E-state index in [1.807, 2.05) is 36.4 Å². The summed E-state index contributed by atoms with van der Waals surface area (Å²) >= 11 is 18.9. The van der Waals surface area contributed by atoms with Crippen LogP contribution in [0.4, 0.5) is 5.69 Å². The largest absolute Gasteiger partial charge is 0.377 e. The van der Waals surface area contributed by atoms with Crippen molar-refractivity contribution in [2.75, 3.05) is 11.9 Å². The Bertz CT molecular complexity index is 620. The van der Waals surface area contributed by atoms with Gasteiger partial charge >= 0.3 is 0 Å². The Labute approximate surface area is 144 Å². The van der Waals surface area contributed by atoms with E-state index in [4.69, 9.17) is 28.9 Å². The highest BCUT2D eigenvalue weighted by Crippen LogP contribution is 2.30. The molecule has 0 heterocycles. The van der Waals surface area contributed by atoms with Crippen LogP contribution in [0.3, 0.4) is 0 Å². The molecule has 1 unspecified atom stereocenters. The fourth-order valence-electron chi connectivity index (χ4n) is 1.79. The van der Waals surface area contributed by atoms with Gasteiger partial charge < -0.3 is 11.1 Å². The molecule has 2 aromatic rings. The van der Waals surface area contributed by atoms with Crippen LogP contribution in [0.2, 0.25) is 10.0 Å². The zero-order valence-electron chi connectivity index (χ0n) is 10.3. The van der Waals surface area contributed by atoms with Crippen LogP contribution in [-0.2, 0) is 0 Å². The van der Waals surface area contributed by atoms with E-state index in [1.54, 1.807) is 0 Å². The van der Waals surface area contributed by atoms with Gasteiger partial charge in [0.2, 0.25) is 0 Å². The van der Waals surface area contributed by atoms with Crippen LogP contribution in [0, 0.1) is 0 Å². The number of hydrogen-bond donors (Lipinski definition) is 2. The SMILES string of the molecule is NCC(Nc1ccc(Br)c(Cl)c1)c1ccc(Cl)c(Br)c1. The smallest absolute Gasteiger partial charge is 0.0636 e. The molecule has 0 saturated carbocycles. The van der Waals surface area contributed by atoms with Crippen molar-refractivity contribution in [3.63, 3.8) is 0 Å². The first-order chi connectivity index (χ1) is 9.51. The first-order valence-electron chi connectivity index (χ1n) is 5.88. The van der Waals surface area contributed by atoms with Gasteiger partial charge in [-0.2, -0.15) is 0 Å². The number of anilines is 1. The zero-order chi connectivity index (χ0) is 14.7. The summed E-state index contributed by atoms with van der Waals surface area (Å²) < 4.78 is 1.72. The van der Waals surface area contributed by atoms with E-state index in [0.717, 1.165) is 20.2 Å². The summed E-state index contributed by atoms with van der Waals surface area (Å²) in [6.07, 6.45) is 0. The number of hydrogen-bond acceptors (Lipinski definition) is 2. The molecular formula is C14H12Br2Cl2N2. The highest BCUT2D eigenvalue weighted by Gasteiger charge is 2.11. The second-order valence-corrected chi connectivity index (χ2v) is 6.76. The van der Waals surface area contributed by atoms with E-state index in [9.17, 15) is 0 Å². The highest BCUT2D eigenvalue weighted by atomic mass is 79.9. The highest BCUT2D eigenvalue weighted by molar-refractivity contribution is 9.10. The maximum Gasteiger partial charge on any atom is 0.0636 e. The Hall–Kier alpha value is -0.260. The fraction of sp³-hybridized carbons (Fsp3) is 0.143. The van der Waals surface area contributed by atoms with Crippen molar-refractivity contribution in [2.24, 2.45) is 5.73 Å². The number of halogens is 4. The maximum absolute atomic E-state index is 6.09. The minimum Gasteiger partial charge on any atom is -0.377 e. The molecule has 6 heteroatoms. The van der Waals surface area contributed by atoms with Crippen LogP contribution in [0.5, 0.6) is 0 Å². The average molecular weight is 439 g/mol. The summed E-state index contributed by atoms with van der Waals surface area (Å²) in [5.41, 5.74) is 7.83. The molecule has 20 heavy (non-hydrogen) atoms. The predicted octanol–water partition coefficient (Wildman–Crippen LogP) is 5.63. The van der Waals surface area contributed by atoms with Crippen molar-refractivity contribution in [3.05, 3.63) is 61.0 Å². The Morgan fingerprint density at radius 3 is 2.35 bits per heavy atom. The zero-order valence-corrected chi connectivity index (χ0v) is 15.0. The molecule has 0 aliphatic heterocycles. The molecule has 0 fully saturated rings. The third-order valence-corrected chi connectivity index (χ3v) is 5.29. The van der Waals surface area contributed by atoms with Crippen LogP contribution in [0.1, 0.15) is 11.6 Å². The molecule has 3 N–H and O–H groups in total. The lowest BCUT2D eigenvalue weighted by atomic mass is 10.1. The third kappa shape index (κ3) is 3.89. The van der Waals surface area contributed by atoms with Crippen LogP contribution >= 0.6 is 55.1 Å². The van der Waals surface area contributed by atoms with Crippen molar-refractivity contribution >= 4 is 60.7 Å². The monoisotopic (exact) mass is 436 g/mol. The van der Waals surface area contributed by atoms with Gasteiger partial charge in [-0.3, -0.25) is 0 Å². The molecule has 0 aliphatic rings. The first kappa shape index (κ1) is 16.1. The van der Waals surface area contributed by atoms with Gasteiger partial charge in [-0.05, 0) is 67.8 Å². The molecule has 1 atom stereocenters. The quantitative estimate of drug-likeness (QED) is 0.649. The second-order valence-electron chi connectivity index (χ2n) is 4.24. The topological polar surface area (TPSA) is 38.0 Å². The summed E-state index contributed by atoms with van der Waals surface area (Å²) in [6.45, 7) is 0.460. The summed E-state index contributed by atoms with van der Waals surface area (Å²) in [6, 6.07) is 11.5. The van der Waals surface area contributed by atoms with E-state index in [0.29, 0.717) is 16.6 Å². The summed E-state index contributed by atoms with van der Waals surface area (Å²) in [5, 5.41) is 4.70. The third-order valence-electron chi connectivity index (χ3n) is 2.84. The molecule has 0 spiro atoms. The van der Waals surface area contributed by atoms with Gasteiger partial charge in [0, 0.05) is 21.2 Å². The van der Waals surface area contributed by atoms with Gasteiger partial charge in [0.1, 0.15) is 0 Å². The first-order valence-corrected chi connectivity index (χ1v) is 8.22. The standard InChI is InChI=1S/C14H12Br2Cl2N2/c15-10-3-2-9(6-13(10)18)20-14(7-19)8-1-4-12(17)11(16)5-8/h1-6,14,20H,7,19H2. The molecule has 0 bridgehead atoms. The molecule has 0 saturated heterocycles. The molecule has 2 aromatic carbocycles. The minimum atomic E-state index is -0.0131. The molecule has 0 aromatic heterocycles. The van der Waals surface area contributed by atoms with E-state index >= 15 is 0 Å². The van der Waals surface area contributed by atoms with E-state index < -0.39 is 0 Å². The van der Waals surface area contributed by atoms with Gasteiger partial charge in [-0.15, -0.1) is 0 Å². The van der Waals surface area contributed by atoms with Crippen molar-refractivity contribution in [1.29, 1.82) is 0 Å². The molecule has 106 valence electrons. The van der Waals surface area contributed by atoms with Crippen LogP contribution in [-0.4, -0.2) is 6.54 Å². The average Bonchev–Trinajstić information content (AvgIpc) is 2.43. The number of benzene rings is 2. The number of rotatable bonds is 4. The van der Waals surface area contributed by atoms with Crippen molar-refractivity contribution in [1.82, 2.24) is 0 Å². The lowest BCUT2D eigenvalue weighted by Crippen LogP contribution is -2.20. The predicted molar refractivity (Wildman–Crippen MR) is 93.7 cm³/mol. The number of nitrogens with one attached hydrogen (secondary N) is 1. The van der Waals surface area contributed by atoms with Crippen molar-refractivity contribution in [3.8, 4) is 0 Å². The molecular weight excluding hydrogens is 427 g/mol. The van der Waals surface area contributed by atoms with E-state index in [2.05, 4.69) is 37.2 Å². The second kappa shape index (κ2) is 7.14. The Morgan fingerprint density at radius 2 is 1.75 bits per heavy atom.